The minimum Gasteiger partial charge on any atom is -0.506 e. The van der Waals surface area contributed by atoms with Crippen LogP contribution in [0.1, 0.15) is 307 Å². The van der Waals surface area contributed by atoms with Crippen molar-refractivity contribution in [2.75, 3.05) is 0 Å². The van der Waals surface area contributed by atoms with Crippen LogP contribution in [0, 0.1) is 6.92 Å². The molecule has 0 aliphatic rings. The van der Waals surface area contributed by atoms with Gasteiger partial charge in [-0.25, -0.2) is 0 Å². The van der Waals surface area contributed by atoms with Crippen LogP contribution >= 0.6 is 0 Å². The lowest BCUT2D eigenvalue weighted by atomic mass is 10.0. The summed E-state index contributed by atoms with van der Waals surface area (Å²) < 4.78 is 0. The maximum absolute atomic E-state index is 10.3. The number of hydrogen-bond acceptors (Lipinski definition) is 7. The molecule has 0 bridgehead atoms. The smallest absolute Gasteiger partial charge is 0.303 e. The van der Waals surface area contributed by atoms with E-state index in [1.165, 1.54) is 218 Å². The highest BCUT2D eigenvalue weighted by molar-refractivity contribution is 5.67. The van der Waals surface area contributed by atoms with Crippen molar-refractivity contribution in [1.82, 2.24) is 4.98 Å². The van der Waals surface area contributed by atoms with Crippen molar-refractivity contribution in [3.05, 3.63) is 23.0 Å². The number of nitrogens with zero attached hydrogens (tertiary/aromatic N) is 1. The molecule has 0 saturated heterocycles. The summed E-state index contributed by atoms with van der Waals surface area (Å²) in [6.45, 7) is 7.90. The fourth-order valence-electron chi connectivity index (χ4n) is 7.88. The van der Waals surface area contributed by atoms with E-state index in [0.29, 0.717) is 36.1 Å². The fourth-order valence-corrected chi connectivity index (χ4v) is 7.88. The molecule has 0 atom stereocenters. The molecule has 0 aliphatic carbocycles. The van der Waals surface area contributed by atoms with E-state index in [9.17, 15) is 19.5 Å². The number of aliphatic carboxylic acids is 3. The van der Waals surface area contributed by atoms with Crippen molar-refractivity contribution in [3.8, 4) is 5.75 Å². The molecule has 1 rings (SSSR count). The number of aromatic nitrogens is 1. The van der Waals surface area contributed by atoms with Crippen molar-refractivity contribution in [1.29, 1.82) is 0 Å². The minimum absolute atomic E-state index is 0.0379. The largest absolute Gasteiger partial charge is 0.506 e. The first-order chi connectivity index (χ1) is 32.0. The lowest BCUT2D eigenvalue weighted by Crippen LogP contribution is -1.98. The van der Waals surface area contributed by atoms with Gasteiger partial charge < -0.3 is 30.6 Å². The zero-order valence-corrected chi connectivity index (χ0v) is 43.5. The number of unbranched alkanes of at least 4 members (excludes halogenated alkanes) is 36. The molecule has 0 fully saturated rings. The van der Waals surface area contributed by atoms with E-state index in [1.807, 2.05) is 0 Å². The van der Waals surface area contributed by atoms with E-state index in [2.05, 4.69) is 25.8 Å². The SMILES string of the molecule is CCCCCCCCCCCCCCCC(=O)O.CCCCCCCCCCCCCCCC(=O)O.CCCCCCCCCCCCCCCC(=O)O.Cc1ncc(CO)c(CO)c1O. The molecule has 390 valence electrons. The Morgan fingerprint density at radius 3 is 0.773 bits per heavy atom. The van der Waals surface area contributed by atoms with E-state index in [1.54, 1.807) is 6.92 Å². The third-order valence-corrected chi connectivity index (χ3v) is 12.2. The average Bonchev–Trinajstić information content (AvgIpc) is 3.29. The van der Waals surface area contributed by atoms with Gasteiger partial charge in [-0.2, -0.15) is 0 Å². The number of pyridine rings is 1. The number of rotatable bonds is 44. The van der Waals surface area contributed by atoms with Crippen molar-refractivity contribution in [2.45, 2.75) is 311 Å². The van der Waals surface area contributed by atoms with Gasteiger partial charge in [0.2, 0.25) is 0 Å². The van der Waals surface area contributed by atoms with Crippen LogP contribution in [-0.2, 0) is 27.6 Å². The predicted octanol–water partition coefficient (Wildman–Crippen LogP) is 16.7. The molecule has 1 heterocycles. The second-order valence-electron chi connectivity index (χ2n) is 18.7. The molecular formula is C56H107NO9. The fraction of sp³-hybridized carbons (Fsp3) is 0.857. The Bertz CT molecular complexity index is 1080. The average molecular weight is 938 g/mol. The topological polar surface area (TPSA) is 185 Å². The Morgan fingerprint density at radius 2 is 0.591 bits per heavy atom. The molecule has 66 heavy (non-hydrogen) atoms. The minimum atomic E-state index is -0.655. The maximum atomic E-state index is 10.3. The predicted molar refractivity (Wildman–Crippen MR) is 276 cm³/mol. The number of hydrogen-bond donors (Lipinski definition) is 6. The molecule has 0 spiro atoms. The van der Waals surface area contributed by atoms with Crippen molar-refractivity contribution >= 4 is 17.9 Å². The number of carboxylic acid groups (broad SMARTS) is 3. The summed E-state index contributed by atoms with van der Waals surface area (Å²) >= 11 is 0. The molecule has 10 heteroatoms. The highest BCUT2D eigenvalue weighted by atomic mass is 16.4. The van der Waals surface area contributed by atoms with Gasteiger partial charge >= 0.3 is 17.9 Å². The van der Waals surface area contributed by atoms with Crippen LogP contribution in [0.15, 0.2) is 6.20 Å². The molecular weight excluding hydrogens is 831 g/mol. The third kappa shape index (κ3) is 55.6. The Hall–Kier alpha value is -2.72. The van der Waals surface area contributed by atoms with E-state index in [4.69, 9.17) is 25.5 Å². The molecule has 0 aliphatic heterocycles. The van der Waals surface area contributed by atoms with Gasteiger partial charge in [0, 0.05) is 36.6 Å². The van der Waals surface area contributed by atoms with Crippen molar-refractivity contribution < 1.29 is 45.0 Å². The number of aliphatic hydroxyl groups excluding tert-OH is 2. The zero-order valence-electron chi connectivity index (χ0n) is 43.5. The lowest BCUT2D eigenvalue weighted by Gasteiger charge is -2.07. The summed E-state index contributed by atoms with van der Waals surface area (Å²) in [5, 5.41) is 52.5. The number of aliphatic hydroxyl groups is 2. The summed E-state index contributed by atoms with van der Waals surface area (Å²) in [4.78, 5) is 34.7. The van der Waals surface area contributed by atoms with Gasteiger partial charge in [-0.1, -0.05) is 252 Å². The second-order valence-corrected chi connectivity index (χ2v) is 18.7. The maximum Gasteiger partial charge on any atom is 0.303 e. The molecule has 1 aromatic heterocycles. The number of aromatic hydroxyl groups is 1. The van der Waals surface area contributed by atoms with Crippen LogP contribution in [-0.4, -0.2) is 53.5 Å². The van der Waals surface area contributed by atoms with Gasteiger partial charge in [0.15, 0.2) is 0 Å². The lowest BCUT2D eigenvalue weighted by molar-refractivity contribution is -0.138. The van der Waals surface area contributed by atoms with Gasteiger partial charge in [0.25, 0.3) is 0 Å². The standard InChI is InChI=1S/3C16H32O2.C8H11NO3/c3*1-2-3-4-5-6-7-8-9-10-11-12-13-14-15-16(17)18;1-5-8(12)7(4-11)6(3-10)2-9-5/h3*2-15H2,1H3,(H,17,18);2,10-12H,3-4H2,1H3. The van der Waals surface area contributed by atoms with Crippen molar-refractivity contribution in [2.24, 2.45) is 0 Å². The van der Waals surface area contributed by atoms with Crippen molar-refractivity contribution in [3.63, 3.8) is 0 Å². The summed E-state index contributed by atoms with van der Waals surface area (Å²) in [5.41, 5.74) is 1.27. The van der Waals surface area contributed by atoms with Gasteiger partial charge in [-0.15, -0.1) is 0 Å². The first-order valence-corrected chi connectivity index (χ1v) is 27.5. The highest BCUT2D eigenvalue weighted by Gasteiger charge is 2.09. The number of carbonyl (C=O) groups is 3. The van der Waals surface area contributed by atoms with Gasteiger partial charge in [-0.3, -0.25) is 19.4 Å². The van der Waals surface area contributed by atoms with Crippen LogP contribution in [0.25, 0.3) is 0 Å². The van der Waals surface area contributed by atoms with Crippen LogP contribution < -0.4 is 0 Å². The third-order valence-electron chi connectivity index (χ3n) is 12.2. The van der Waals surface area contributed by atoms with Crippen LogP contribution in [0.4, 0.5) is 0 Å². The Kier molecular flexibility index (Phi) is 57.9. The van der Waals surface area contributed by atoms with Crippen LogP contribution in [0.2, 0.25) is 0 Å². The molecule has 0 unspecified atom stereocenters. The molecule has 0 radical (unpaired) electrons. The molecule has 10 nitrogen and oxygen atoms in total. The first kappa shape index (κ1) is 67.5. The molecule has 6 N–H and O–H groups in total. The quantitative estimate of drug-likeness (QED) is 0.0344. The molecule has 1 aromatic rings. The number of aryl methyl sites for hydroxylation is 1. The highest BCUT2D eigenvalue weighted by Crippen LogP contribution is 2.23. The summed E-state index contributed by atoms with van der Waals surface area (Å²) in [7, 11) is 0. The second kappa shape index (κ2) is 56.6. The number of carboxylic acids is 3. The molecule has 0 saturated carbocycles. The summed E-state index contributed by atoms with van der Waals surface area (Å²) in [6.07, 6.45) is 53.3. The Labute approximate surface area is 406 Å². The normalized spacial score (nSPS) is 10.6. The summed E-state index contributed by atoms with van der Waals surface area (Å²) in [5.74, 6) is -2.00. The monoisotopic (exact) mass is 938 g/mol. The van der Waals surface area contributed by atoms with E-state index < -0.39 is 17.9 Å². The van der Waals surface area contributed by atoms with Gasteiger partial charge in [0.1, 0.15) is 5.75 Å². The molecule has 0 amide bonds. The summed E-state index contributed by atoms with van der Waals surface area (Å²) in [6, 6.07) is 0. The van der Waals surface area contributed by atoms with Crippen LogP contribution in [0.3, 0.4) is 0 Å². The van der Waals surface area contributed by atoms with Gasteiger partial charge in [0.05, 0.1) is 18.9 Å². The molecule has 0 aromatic carbocycles. The van der Waals surface area contributed by atoms with Gasteiger partial charge in [-0.05, 0) is 26.2 Å². The zero-order chi connectivity index (χ0) is 49.6. The van der Waals surface area contributed by atoms with E-state index >= 15 is 0 Å². The Morgan fingerprint density at radius 1 is 0.379 bits per heavy atom. The Balaban J connectivity index is -0.000000809. The van der Waals surface area contributed by atoms with E-state index in [0.717, 1.165) is 38.5 Å². The first-order valence-electron chi connectivity index (χ1n) is 27.5. The van der Waals surface area contributed by atoms with E-state index in [-0.39, 0.29) is 19.0 Å². The van der Waals surface area contributed by atoms with Crippen LogP contribution in [0.5, 0.6) is 5.75 Å².